The summed E-state index contributed by atoms with van der Waals surface area (Å²) in [5, 5.41) is 0.163. The second-order valence-electron chi connectivity index (χ2n) is 5.76. The van der Waals surface area contributed by atoms with Gasteiger partial charge >= 0.3 is 0 Å². The number of rotatable bonds is 6. The number of nitrogens with zero attached hydrogens (tertiary/aromatic N) is 4. The molecule has 0 atom stereocenters. The van der Waals surface area contributed by atoms with E-state index in [1.54, 1.807) is 24.5 Å². The van der Waals surface area contributed by atoms with E-state index in [4.69, 9.17) is 32.7 Å². The lowest BCUT2D eigenvalue weighted by Gasteiger charge is -2.25. The van der Waals surface area contributed by atoms with Gasteiger partial charge in [-0.05, 0) is 17.7 Å². The lowest BCUT2D eigenvalue weighted by Crippen LogP contribution is -2.30. The summed E-state index contributed by atoms with van der Waals surface area (Å²) in [4.78, 5) is 12.7. The Kier molecular flexibility index (Phi) is 5.78. The Labute approximate surface area is 172 Å². The van der Waals surface area contributed by atoms with Crippen molar-refractivity contribution in [2.45, 2.75) is 6.54 Å². The fourth-order valence-electron chi connectivity index (χ4n) is 2.61. The van der Waals surface area contributed by atoms with Crippen molar-refractivity contribution in [3.8, 4) is 11.8 Å². The van der Waals surface area contributed by atoms with E-state index >= 15 is 0 Å². The number of aromatic nitrogens is 3. The molecule has 0 saturated carbocycles. The monoisotopic (exact) mass is 442 g/mol. The molecular formula is C17H16Cl2N4O4S. The van der Waals surface area contributed by atoms with Gasteiger partial charge in [-0.1, -0.05) is 29.3 Å². The maximum Gasteiger partial charge on any atom is 0.278 e. The van der Waals surface area contributed by atoms with Crippen molar-refractivity contribution in [1.82, 2.24) is 15.0 Å². The Balaban J connectivity index is 2.32. The van der Waals surface area contributed by atoms with Crippen LogP contribution in [-0.2, 0) is 16.6 Å². The van der Waals surface area contributed by atoms with Crippen LogP contribution in [0.1, 0.15) is 5.56 Å². The normalized spacial score (nSPS) is 11.5. The summed E-state index contributed by atoms with van der Waals surface area (Å²) in [6.07, 6.45) is 4.23. The number of anilines is 1. The van der Waals surface area contributed by atoms with Crippen molar-refractivity contribution < 1.29 is 17.9 Å². The van der Waals surface area contributed by atoms with Crippen LogP contribution in [-0.4, -0.2) is 43.8 Å². The SMILES string of the molecule is COc1nc2cc(Cl)c(Cl)c(N(Cc3cccnc3)S(C)(=O)=O)c2nc1OC. The van der Waals surface area contributed by atoms with Crippen molar-refractivity contribution >= 4 is 49.9 Å². The van der Waals surface area contributed by atoms with E-state index in [0.717, 1.165) is 10.6 Å². The first-order chi connectivity index (χ1) is 13.3. The van der Waals surface area contributed by atoms with Crippen LogP contribution in [0.15, 0.2) is 30.6 Å². The zero-order valence-corrected chi connectivity index (χ0v) is 17.5. The number of sulfonamides is 1. The average molecular weight is 443 g/mol. The average Bonchev–Trinajstić information content (AvgIpc) is 2.67. The number of halogens is 2. The van der Waals surface area contributed by atoms with Crippen LogP contribution in [0.2, 0.25) is 10.0 Å². The summed E-state index contributed by atoms with van der Waals surface area (Å²) in [5.74, 6) is 0.224. The molecule has 11 heteroatoms. The summed E-state index contributed by atoms with van der Waals surface area (Å²) >= 11 is 12.7. The molecule has 148 valence electrons. The molecule has 0 bridgehead atoms. The van der Waals surface area contributed by atoms with Crippen LogP contribution in [0.25, 0.3) is 11.0 Å². The minimum atomic E-state index is -3.76. The van der Waals surface area contributed by atoms with Gasteiger partial charge in [0.25, 0.3) is 11.8 Å². The van der Waals surface area contributed by atoms with E-state index < -0.39 is 10.0 Å². The Bertz CT molecular complexity index is 1130. The number of methoxy groups -OCH3 is 2. The molecule has 3 rings (SSSR count). The molecule has 0 saturated heterocycles. The second kappa shape index (κ2) is 7.94. The Morgan fingerprint density at radius 1 is 1.14 bits per heavy atom. The molecule has 0 fully saturated rings. The van der Waals surface area contributed by atoms with Crippen LogP contribution >= 0.6 is 23.2 Å². The first-order valence-corrected chi connectivity index (χ1v) is 10.5. The summed E-state index contributed by atoms with van der Waals surface area (Å²) in [6.45, 7) is -0.0160. The Hall–Kier alpha value is -2.36. The van der Waals surface area contributed by atoms with Crippen LogP contribution in [0.5, 0.6) is 11.8 Å². The standard InChI is InChI=1S/C17H16Cl2N4O4S/c1-26-16-17(27-2)22-14-12(21-16)7-11(18)13(19)15(14)23(28(3,24)25)9-10-5-4-6-20-8-10/h4-8H,9H2,1-3H3. The third kappa shape index (κ3) is 3.91. The Morgan fingerprint density at radius 2 is 1.82 bits per heavy atom. The van der Waals surface area contributed by atoms with E-state index in [9.17, 15) is 8.42 Å². The van der Waals surface area contributed by atoms with Crippen molar-refractivity contribution in [3.05, 3.63) is 46.2 Å². The van der Waals surface area contributed by atoms with Gasteiger partial charge in [0.15, 0.2) is 0 Å². The van der Waals surface area contributed by atoms with Crippen LogP contribution in [0.4, 0.5) is 5.69 Å². The van der Waals surface area contributed by atoms with Gasteiger partial charge in [0.2, 0.25) is 10.0 Å². The number of hydrogen-bond acceptors (Lipinski definition) is 7. The number of benzene rings is 1. The number of fused-ring (bicyclic) bond motifs is 1. The zero-order chi connectivity index (χ0) is 20.5. The predicted octanol–water partition coefficient (Wildman–Crippen LogP) is 3.32. The maximum atomic E-state index is 12.6. The lowest BCUT2D eigenvalue weighted by molar-refractivity contribution is 0.334. The van der Waals surface area contributed by atoms with Crippen molar-refractivity contribution in [1.29, 1.82) is 0 Å². The van der Waals surface area contributed by atoms with Gasteiger partial charge in [-0.3, -0.25) is 9.29 Å². The van der Waals surface area contributed by atoms with Crippen molar-refractivity contribution in [2.24, 2.45) is 0 Å². The molecule has 0 radical (unpaired) electrons. The van der Waals surface area contributed by atoms with Crippen molar-refractivity contribution in [2.75, 3.05) is 24.8 Å². The number of ether oxygens (including phenoxy) is 2. The highest BCUT2D eigenvalue weighted by Crippen LogP contribution is 2.41. The smallest absolute Gasteiger partial charge is 0.278 e. The van der Waals surface area contributed by atoms with Crippen LogP contribution in [0, 0.1) is 0 Å². The third-order valence-corrected chi connectivity index (χ3v) is 5.74. The number of hydrogen-bond donors (Lipinski definition) is 0. The molecule has 2 heterocycles. The van der Waals surface area contributed by atoms with Crippen LogP contribution in [0.3, 0.4) is 0 Å². The van der Waals surface area contributed by atoms with E-state index in [0.29, 0.717) is 11.1 Å². The summed E-state index contributed by atoms with van der Waals surface area (Å²) < 4.78 is 36.7. The van der Waals surface area contributed by atoms with E-state index in [-0.39, 0.29) is 39.6 Å². The van der Waals surface area contributed by atoms with Crippen LogP contribution < -0.4 is 13.8 Å². The lowest BCUT2D eigenvalue weighted by atomic mass is 10.2. The van der Waals surface area contributed by atoms with Gasteiger partial charge in [-0.15, -0.1) is 0 Å². The molecule has 0 unspecified atom stereocenters. The zero-order valence-electron chi connectivity index (χ0n) is 15.2. The summed E-state index contributed by atoms with van der Waals surface area (Å²) in [7, 11) is -0.939. The Morgan fingerprint density at radius 3 is 2.39 bits per heavy atom. The van der Waals surface area contributed by atoms with Gasteiger partial charge in [0.1, 0.15) is 11.2 Å². The topological polar surface area (TPSA) is 94.5 Å². The van der Waals surface area contributed by atoms with Gasteiger partial charge < -0.3 is 9.47 Å². The van der Waals surface area contributed by atoms with Gasteiger partial charge in [-0.25, -0.2) is 18.4 Å². The fourth-order valence-corrected chi connectivity index (χ4v) is 3.99. The maximum absolute atomic E-state index is 12.6. The quantitative estimate of drug-likeness (QED) is 0.577. The van der Waals surface area contributed by atoms with E-state index in [1.165, 1.54) is 20.3 Å². The van der Waals surface area contributed by atoms with Gasteiger partial charge in [0.05, 0.1) is 42.6 Å². The summed E-state index contributed by atoms with van der Waals surface area (Å²) in [6, 6.07) is 4.95. The first-order valence-electron chi connectivity index (χ1n) is 7.90. The fraction of sp³-hybridized carbons (Fsp3) is 0.235. The molecule has 0 aliphatic rings. The predicted molar refractivity (Wildman–Crippen MR) is 108 cm³/mol. The second-order valence-corrected chi connectivity index (χ2v) is 8.45. The van der Waals surface area contributed by atoms with Crippen molar-refractivity contribution in [3.63, 3.8) is 0 Å². The molecule has 0 N–H and O–H groups in total. The summed E-state index contributed by atoms with van der Waals surface area (Å²) in [5.41, 5.74) is 1.28. The molecule has 28 heavy (non-hydrogen) atoms. The first kappa shape index (κ1) is 20.4. The highest BCUT2D eigenvalue weighted by atomic mass is 35.5. The molecule has 1 aromatic carbocycles. The largest absolute Gasteiger partial charge is 0.477 e. The number of pyridine rings is 1. The minimum Gasteiger partial charge on any atom is -0.477 e. The van der Waals surface area contributed by atoms with Gasteiger partial charge in [-0.2, -0.15) is 0 Å². The highest BCUT2D eigenvalue weighted by Gasteiger charge is 2.27. The van der Waals surface area contributed by atoms with Gasteiger partial charge in [0, 0.05) is 12.4 Å². The molecule has 0 amide bonds. The third-order valence-electron chi connectivity index (χ3n) is 3.85. The molecule has 0 aliphatic carbocycles. The van der Waals surface area contributed by atoms with E-state index in [1.807, 2.05) is 0 Å². The molecule has 0 spiro atoms. The molecular weight excluding hydrogens is 427 g/mol. The minimum absolute atomic E-state index is 0.0160. The molecule has 0 aliphatic heterocycles. The molecule has 2 aromatic heterocycles. The molecule has 8 nitrogen and oxygen atoms in total. The molecule has 3 aromatic rings. The van der Waals surface area contributed by atoms with E-state index in [2.05, 4.69) is 15.0 Å². The highest BCUT2D eigenvalue weighted by molar-refractivity contribution is 7.92.